The van der Waals surface area contributed by atoms with Crippen LogP contribution in [0.5, 0.6) is 0 Å². The number of esters is 1. The molecule has 1 N–H and O–H groups in total. The van der Waals surface area contributed by atoms with Crippen LogP contribution in [-0.4, -0.2) is 30.8 Å². The van der Waals surface area contributed by atoms with Crippen LogP contribution in [0.3, 0.4) is 0 Å². The highest BCUT2D eigenvalue weighted by Crippen LogP contribution is 2.10. The van der Waals surface area contributed by atoms with Gasteiger partial charge in [0.25, 0.3) is 5.91 Å². The van der Waals surface area contributed by atoms with Crippen LogP contribution >= 0.6 is 11.3 Å². The highest BCUT2D eigenvalue weighted by atomic mass is 32.1. The van der Waals surface area contributed by atoms with E-state index in [1.54, 1.807) is 29.6 Å². The Hall–Kier alpha value is -2.47. The molecule has 0 radical (unpaired) electrons. The maximum atomic E-state index is 12.0. The molecule has 6 heteroatoms. The fourth-order valence-electron chi connectivity index (χ4n) is 1.84. The maximum absolute atomic E-state index is 12.0. The number of aryl methyl sites for hydroxylation is 2. The lowest BCUT2D eigenvalue weighted by Gasteiger charge is -2.07. The monoisotopic (exact) mass is 331 g/mol. The van der Waals surface area contributed by atoms with Gasteiger partial charge in [-0.1, -0.05) is 12.1 Å². The van der Waals surface area contributed by atoms with Crippen molar-refractivity contribution in [1.82, 2.24) is 5.32 Å². The lowest BCUT2D eigenvalue weighted by Crippen LogP contribution is -2.31. The third-order valence-electron chi connectivity index (χ3n) is 3.32. The Morgan fingerprint density at radius 1 is 1.13 bits per heavy atom. The Bertz CT molecular complexity index is 722. The van der Waals surface area contributed by atoms with Crippen molar-refractivity contribution in [1.29, 1.82) is 0 Å². The Morgan fingerprint density at radius 3 is 2.57 bits per heavy atom. The molecule has 0 aliphatic rings. The number of ketones is 1. The molecule has 0 unspecified atom stereocenters. The van der Waals surface area contributed by atoms with Crippen molar-refractivity contribution >= 4 is 29.0 Å². The number of hydrogen-bond acceptors (Lipinski definition) is 5. The average molecular weight is 331 g/mol. The average Bonchev–Trinajstić information content (AvgIpc) is 3.07. The summed E-state index contributed by atoms with van der Waals surface area (Å²) in [4.78, 5) is 35.8. The number of ether oxygens (including phenoxy) is 1. The van der Waals surface area contributed by atoms with Gasteiger partial charge < -0.3 is 10.1 Å². The van der Waals surface area contributed by atoms with Crippen molar-refractivity contribution in [3.63, 3.8) is 0 Å². The van der Waals surface area contributed by atoms with E-state index in [0.717, 1.165) is 11.1 Å². The zero-order valence-electron chi connectivity index (χ0n) is 12.9. The summed E-state index contributed by atoms with van der Waals surface area (Å²) in [6.45, 7) is 3.28. The number of thiophene rings is 1. The zero-order valence-corrected chi connectivity index (χ0v) is 13.7. The number of carbonyl (C=O) groups excluding carboxylic acids is 3. The molecule has 0 atom stereocenters. The minimum absolute atomic E-state index is 0.256. The van der Waals surface area contributed by atoms with Gasteiger partial charge in [0.2, 0.25) is 5.78 Å². The van der Waals surface area contributed by atoms with Gasteiger partial charge in [0.1, 0.15) is 6.54 Å². The van der Waals surface area contributed by atoms with Crippen molar-refractivity contribution in [3.05, 3.63) is 57.3 Å². The Kier molecular flexibility index (Phi) is 5.65. The second-order valence-corrected chi connectivity index (χ2v) is 5.99. The fourth-order valence-corrected chi connectivity index (χ4v) is 2.49. The standard InChI is InChI=1S/C17H17NO4S/c1-11-5-6-13(8-12(11)2)17(21)18-9-16(20)22-10-14(19)15-4-3-7-23-15/h3-8H,9-10H2,1-2H3,(H,18,21). The number of nitrogens with one attached hydrogen (secondary N) is 1. The quantitative estimate of drug-likeness (QED) is 0.652. The van der Waals surface area contributed by atoms with Gasteiger partial charge >= 0.3 is 5.97 Å². The molecular formula is C17H17NO4S. The molecule has 0 saturated heterocycles. The normalized spacial score (nSPS) is 10.2. The molecule has 0 spiro atoms. The minimum atomic E-state index is -0.646. The summed E-state index contributed by atoms with van der Waals surface area (Å²) < 4.78 is 4.86. The second-order valence-electron chi connectivity index (χ2n) is 5.04. The number of Topliss-reactive ketones (excluding diaryl/α,β-unsaturated/α-hetero) is 1. The third kappa shape index (κ3) is 4.75. The van der Waals surface area contributed by atoms with Gasteiger partial charge in [0.15, 0.2) is 6.61 Å². The molecule has 0 bridgehead atoms. The number of benzene rings is 1. The summed E-state index contributed by atoms with van der Waals surface area (Å²) in [5.41, 5.74) is 2.57. The summed E-state index contributed by atoms with van der Waals surface area (Å²) in [6, 6.07) is 8.73. The summed E-state index contributed by atoms with van der Waals surface area (Å²) in [5.74, 6) is -1.25. The minimum Gasteiger partial charge on any atom is -0.456 e. The first kappa shape index (κ1) is 16.9. The van der Waals surface area contributed by atoms with E-state index in [-0.39, 0.29) is 24.8 Å². The van der Waals surface area contributed by atoms with Gasteiger partial charge in [-0.2, -0.15) is 0 Å². The van der Waals surface area contributed by atoms with E-state index in [1.807, 2.05) is 19.9 Å². The van der Waals surface area contributed by atoms with Crippen LogP contribution in [0.4, 0.5) is 0 Å². The molecule has 0 aliphatic carbocycles. The molecule has 1 aromatic carbocycles. The Morgan fingerprint density at radius 2 is 1.91 bits per heavy atom. The van der Waals surface area contributed by atoms with Crippen LogP contribution in [-0.2, 0) is 9.53 Å². The first-order valence-corrected chi connectivity index (χ1v) is 7.93. The van der Waals surface area contributed by atoms with E-state index in [0.29, 0.717) is 10.4 Å². The lowest BCUT2D eigenvalue weighted by atomic mass is 10.1. The highest BCUT2D eigenvalue weighted by Gasteiger charge is 2.12. The molecule has 2 aromatic rings. The van der Waals surface area contributed by atoms with Gasteiger partial charge in [-0.15, -0.1) is 11.3 Å². The molecule has 0 fully saturated rings. The van der Waals surface area contributed by atoms with Crippen molar-refractivity contribution in [2.45, 2.75) is 13.8 Å². The van der Waals surface area contributed by atoms with Crippen LogP contribution < -0.4 is 5.32 Å². The largest absolute Gasteiger partial charge is 0.456 e. The first-order valence-electron chi connectivity index (χ1n) is 7.05. The van der Waals surface area contributed by atoms with E-state index in [4.69, 9.17) is 4.74 Å². The van der Waals surface area contributed by atoms with Crippen molar-refractivity contribution < 1.29 is 19.1 Å². The SMILES string of the molecule is Cc1ccc(C(=O)NCC(=O)OCC(=O)c2cccs2)cc1C. The van der Waals surface area contributed by atoms with Crippen molar-refractivity contribution in [2.24, 2.45) is 0 Å². The van der Waals surface area contributed by atoms with Gasteiger partial charge in [-0.3, -0.25) is 14.4 Å². The zero-order chi connectivity index (χ0) is 16.8. The van der Waals surface area contributed by atoms with E-state index < -0.39 is 5.97 Å². The Labute approximate surface area is 138 Å². The summed E-state index contributed by atoms with van der Waals surface area (Å²) >= 11 is 1.29. The molecule has 120 valence electrons. The van der Waals surface area contributed by atoms with Crippen LogP contribution in [0.25, 0.3) is 0 Å². The van der Waals surface area contributed by atoms with Gasteiger partial charge in [0.05, 0.1) is 4.88 Å². The number of carbonyl (C=O) groups is 3. The second kappa shape index (κ2) is 7.69. The van der Waals surface area contributed by atoms with Gasteiger partial charge in [0, 0.05) is 5.56 Å². The van der Waals surface area contributed by atoms with Crippen LogP contribution in [0.1, 0.15) is 31.2 Å². The third-order valence-corrected chi connectivity index (χ3v) is 4.23. The molecule has 1 amide bonds. The van der Waals surface area contributed by atoms with Gasteiger partial charge in [-0.25, -0.2) is 0 Å². The van der Waals surface area contributed by atoms with Crippen molar-refractivity contribution in [3.8, 4) is 0 Å². The lowest BCUT2D eigenvalue weighted by molar-refractivity contribution is -0.141. The van der Waals surface area contributed by atoms with Crippen LogP contribution in [0.2, 0.25) is 0 Å². The van der Waals surface area contributed by atoms with Crippen LogP contribution in [0, 0.1) is 13.8 Å². The molecule has 1 aromatic heterocycles. The highest BCUT2D eigenvalue weighted by molar-refractivity contribution is 7.12. The smallest absolute Gasteiger partial charge is 0.325 e. The molecule has 5 nitrogen and oxygen atoms in total. The fraction of sp³-hybridized carbons (Fsp3) is 0.235. The van der Waals surface area contributed by atoms with Crippen LogP contribution in [0.15, 0.2) is 35.7 Å². The molecular weight excluding hydrogens is 314 g/mol. The molecule has 23 heavy (non-hydrogen) atoms. The molecule has 0 saturated carbocycles. The topological polar surface area (TPSA) is 72.5 Å². The van der Waals surface area contributed by atoms with E-state index in [1.165, 1.54) is 11.3 Å². The van der Waals surface area contributed by atoms with E-state index in [9.17, 15) is 14.4 Å². The van der Waals surface area contributed by atoms with E-state index in [2.05, 4.69) is 5.32 Å². The predicted octanol–water partition coefficient (Wildman–Crippen LogP) is 2.52. The number of rotatable bonds is 6. The summed E-state index contributed by atoms with van der Waals surface area (Å²) in [7, 11) is 0. The molecule has 0 aliphatic heterocycles. The number of amides is 1. The summed E-state index contributed by atoms with van der Waals surface area (Å²) in [5, 5.41) is 4.26. The molecule has 2 rings (SSSR count). The van der Waals surface area contributed by atoms with Crippen molar-refractivity contribution in [2.75, 3.05) is 13.2 Å². The number of hydrogen-bond donors (Lipinski definition) is 1. The first-order chi connectivity index (χ1) is 11.0. The molecule has 1 heterocycles. The predicted molar refractivity (Wildman–Crippen MR) is 87.9 cm³/mol. The van der Waals surface area contributed by atoms with Gasteiger partial charge in [-0.05, 0) is 48.6 Å². The maximum Gasteiger partial charge on any atom is 0.325 e. The van der Waals surface area contributed by atoms with E-state index >= 15 is 0 Å². The summed E-state index contributed by atoms with van der Waals surface area (Å²) in [6.07, 6.45) is 0. The Balaban J connectivity index is 1.78.